The Hall–Kier alpha value is -2.31. The lowest BCUT2D eigenvalue weighted by Gasteiger charge is -2.04. The van der Waals surface area contributed by atoms with Crippen molar-refractivity contribution < 1.29 is 9.60 Å². The van der Waals surface area contributed by atoms with Gasteiger partial charge in [0.05, 0.1) is 0 Å². The number of aromatic nitrogens is 4. The molecule has 7 heteroatoms. The Morgan fingerprint density at radius 2 is 2.24 bits per heavy atom. The Kier molecular flexibility index (Phi) is 2.82. The zero-order valence-electron chi connectivity index (χ0n) is 9.29. The predicted octanol–water partition coefficient (Wildman–Crippen LogP) is 0.884. The summed E-state index contributed by atoms with van der Waals surface area (Å²) >= 11 is 0. The van der Waals surface area contributed by atoms with Crippen LogP contribution in [0.1, 0.15) is 17.0 Å². The second-order valence-corrected chi connectivity index (χ2v) is 3.54. The molecule has 1 N–H and O–H groups in total. The van der Waals surface area contributed by atoms with E-state index in [-0.39, 0.29) is 11.5 Å². The topological polar surface area (TPSA) is 76.2 Å². The minimum absolute atomic E-state index is 0.195. The third-order valence-electron chi connectivity index (χ3n) is 2.36. The first-order chi connectivity index (χ1) is 8.13. The average Bonchev–Trinajstić information content (AvgIpc) is 2.71. The molecule has 0 bridgehead atoms. The molecule has 0 saturated carbocycles. The summed E-state index contributed by atoms with van der Waals surface area (Å²) in [6.07, 6.45) is 0. The highest BCUT2D eigenvalue weighted by Gasteiger charge is 2.15. The lowest BCUT2D eigenvalue weighted by atomic mass is 10.1. The molecule has 1 aromatic heterocycles. The van der Waals surface area contributed by atoms with Crippen LogP contribution in [0.15, 0.2) is 23.4 Å². The summed E-state index contributed by atoms with van der Waals surface area (Å²) in [5, 5.41) is 23.0. The highest BCUT2D eigenvalue weighted by molar-refractivity contribution is 6.10. The first kappa shape index (κ1) is 11.2. The highest BCUT2D eigenvalue weighted by atomic mass is 19.1. The largest absolute Gasteiger partial charge is 0.410 e. The van der Waals surface area contributed by atoms with Gasteiger partial charge in [-0.1, -0.05) is 5.16 Å². The van der Waals surface area contributed by atoms with Crippen LogP contribution < -0.4 is 0 Å². The molecule has 0 aliphatic carbocycles. The van der Waals surface area contributed by atoms with Gasteiger partial charge in [-0.2, -0.15) is 0 Å². The van der Waals surface area contributed by atoms with Crippen LogP contribution in [0.2, 0.25) is 0 Å². The van der Waals surface area contributed by atoms with Gasteiger partial charge in [-0.25, -0.2) is 9.07 Å². The molecule has 0 aliphatic heterocycles. The van der Waals surface area contributed by atoms with Crippen molar-refractivity contribution in [2.45, 2.75) is 6.92 Å². The van der Waals surface area contributed by atoms with Gasteiger partial charge in [0.25, 0.3) is 0 Å². The van der Waals surface area contributed by atoms with E-state index in [1.807, 2.05) is 0 Å². The van der Waals surface area contributed by atoms with Crippen LogP contribution in [0, 0.1) is 12.7 Å². The summed E-state index contributed by atoms with van der Waals surface area (Å²) in [5.41, 5.74) is 1.20. The maximum absolute atomic E-state index is 13.1. The molecule has 2 aromatic rings. The second-order valence-electron chi connectivity index (χ2n) is 3.54. The normalized spacial score (nSPS) is 11.8. The van der Waals surface area contributed by atoms with E-state index in [2.05, 4.69) is 20.7 Å². The van der Waals surface area contributed by atoms with Gasteiger partial charge in [-0.3, -0.25) is 0 Å². The van der Waals surface area contributed by atoms with E-state index in [1.165, 1.54) is 16.8 Å². The predicted molar refractivity (Wildman–Crippen MR) is 57.4 cm³/mol. The van der Waals surface area contributed by atoms with Crippen LogP contribution in [0.4, 0.5) is 4.39 Å². The van der Waals surface area contributed by atoms with Crippen LogP contribution in [0.3, 0.4) is 0 Å². The maximum Gasteiger partial charge on any atom is 0.204 e. The molecular weight excluding hydrogens is 225 g/mol. The van der Waals surface area contributed by atoms with Gasteiger partial charge >= 0.3 is 0 Å². The standard InChI is InChI=1S/C10H10FN5O/c1-6-5-7(3-4-8(6)11)9(13-17)10-12-14-15-16(10)2/h3-5,17H,1-2H3/b13-9-. The van der Waals surface area contributed by atoms with Crippen LogP contribution in [0.5, 0.6) is 0 Å². The Bertz CT molecular complexity index is 578. The van der Waals surface area contributed by atoms with E-state index in [0.29, 0.717) is 17.0 Å². The number of halogens is 1. The lowest BCUT2D eigenvalue weighted by molar-refractivity contribution is 0.319. The third-order valence-corrected chi connectivity index (χ3v) is 2.36. The molecule has 0 spiro atoms. The van der Waals surface area contributed by atoms with Crippen molar-refractivity contribution in [2.75, 3.05) is 0 Å². The minimum atomic E-state index is -0.317. The van der Waals surface area contributed by atoms with Crippen molar-refractivity contribution in [3.63, 3.8) is 0 Å². The van der Waals surface area contributed by atoms with E-state index < -0.39 is 0 Å². The quantitative estimate of drug-likeness (QED) is 0.476. The van der Waals surface area contributed by atoms with Gasteiger partial charge in [-0.15, -0.1) is 5.10 Å². The number of aryl methyl sites for hydroxylation is 2. The Morgan fingerprint density at radius 3 is 2.76 bits per heavy atom. The van der Waals surface area contributed by atoms with Gasteiger partial charge in [0.15, 0.2) is 5.71 Å². The van der Waals surface area contributed by atoms with Gasteiger partial charge < -0.3 is 5.21 Å². The average molecular weight is 235 g/mol. The number of oxime groups is 1. The fraction of sp³-hybridized carbons (Fsp3) is 0.200. The molecule has 0 amide bonds. The maximum atomic E-state index is 13.1. The number of nitrogens with zero attached hydrogens (tertiary/aromatic N) is 5. The smallest absolute Gasteiger partial charge is 0.204 e. The molecule has 6 nitrogen and oxygen atoms in total. The first-order valence-corrected chi connectivity index (χ1v) is 4.85. The van der Waals surface area contributed by atoms with Crippen LogP contribution in [0.25, 0.3) is 0 Å². The number of rotatable bonds is 2. The summed E-state index contributed by atoms with van der Waals surface area (Å²) in [4.78, 5) is 0. The molecule has 0 radical (unpaired) electrons. The molecule has 0 unspecified atom stereocenters. The molecule has 1 aromatic carbocycles. The van der Waals surface area contributed by atoms with E-state index in [9.17, 15) is 4.39 Å². The van der Waals surface area contributed by atoms with Gasteiger partial charge in [0.1, 0.15) is 5.82 Å². The van der Waals surface area contributed by atoms with Gasteiger partial charge in [-0.05, 0) is 41.1 Å². The minimum Gasteiger partial charge on any atom is -0.410 e. The van der Waals surface area contributed by atoms with Crippen LogP contribution in [-0.4, -0.2) is 31.1 Å². The fourth-order valence-electron chi connectivity index (χ4n) is 1.45. The number of hydrogen-bond donors (Lipinski definition) is 1. The van der Waals surface area contributed by atoms with Crippen molar-refractivity contribution in [2.24, 2.45) is 12.2 Å². The van der Waals surface area contributed by atoms with E-state index in [4.69, 9.17) is 5.21 Å². The SMILES string of the molecule is Cc1cc(/C(=N/O)c2nnnn2C)ccc1F. The lowest BCUT2D eigenvalue weighted by Crippen LogP contribution is -2.11. The number of hydrogen-bond acceptors (Lipinski definition) is 5. The van der Waals surface area contributed by atoms with Crippen molar-refractivity contribution in [3.8, 4) is 0 Å². The van der Waals surface area contributed by atoms with E-state index >= 15 is 0 Å². The van der Waals surface area contributed by atoms with Crippen molar-refractivity contribution in [3.05, 3.63) is 41.0 Å². The van der Waals surface area contributed by atoms with Crippen LogP contribution in [-0.2, 0) is 7.05 Å². The summed E-state index contributed by atoms with van der Waals surface area (Å²) in [6, 6.07) is 4.38. The molecule has 88 valence electrons. The molecule has 17 heavy (non-hydrogen) atoms. The monoisotopic (exact) mass is 235 g/mol. The summed E-state index contributed by atoms with van der Waals surface area (Å²) in [6.45, 7) is 1.63. The highest BCUT2D eigenvalue weighted by Crippen LogP contribution is 2.12. The summed E-state index contributed by atoms with van der Waals surface area (Å²) in [5.74, 6) is -0.0133. The van der Waals surface area contributed by atoms with E-state index in [0.717, 1.165) is 0 Å². The number of tetrazole rings is 1. The Morgan fingerprint density at radius 1 is 1.47 bits per heavy atom. The number of benzene rings is 1. The molecule has 0 saturated heterocycles. The molecule has 0 aliphatic rings. The molecule has 1 heterocycles. The van der Waals surface area contributed by atoms with Gasteiger partial charge in [0, 0.05) is 12.6 Å². The van der Waals surface area contributed by atoms with Crippen molar-refractivity contribution in [1.82, 2.24) is 20.2 Å². The van der Waals surface area contributed by atoms with Crippen molar-refractivity contribution >= 4 is 5.71 Å². The molecule has 2 rings (SSSR count). The summed E-state index contributed by atoms with van der Waals surface area (Å²) in [7, 11) is 1.62. The first-order valence-electron chi connectivity index (χ1n) is 4.85. The van der Waals surface area contributed by atoms with Crippen molar-refractivity contribution in [1.29, 1.82) is 0 Å². The molecular formula is C10H10FN5O. The Balaban J connectivity index is 2.51. The molecule has 0 atom stereocenters. The van der Waals surface area contributed by atoms with Gasteiger partial charge in [0.2, 0.25) is 5.82 Å². The molecule has 0 fully saturated rings. The summed E-state index contributed by atoms with van der Waals surface area (Å²) < 4.78 is 14.5. The second kappa shape index (κ2) is 4.28. The zero-order valence-corrected chi connectivity index (χ0v) is 9.29. The zero-order chi connectivity index (χ0) is 12.4. The van der Waals surface area contributed by atoms with Crippen LogP contribution >= 0.6 is 0 Å². The third kappa shape index (κ3) is 1.99. The van der Waals surface area contributed by atoms with E-state index in [1.54, 1.807) is 20.0 Å². The Labute approximate surface area is 96.4 Å². The fourth-order valence-corrected chi connectivity index (χ4v) is 1.45.